The van der Waals surface area contributed by atoms with E-state index in [4.69, 9.17) is 16.0 Å². The lowest BCUT2D eigenvalue weighted by molar-refractivity contribution is -0.115. The second kappa shape index (κ2) is 9.44. The van der Waals surface area contributed by atoms with Crippen molar-refractivity contribution in [2.24, 2.45) is 0 Å². The van der Waals surface area contributed by atoms with Gasteiger partial charge in [0.1, 0.15) is 5.82 Å². The van der Waals surface area contributed by atoms with Crippen LogP contribution in [0.3, 0.4) is 0 Å². The molecule has 0 atom stereocenters. The van der Waals surface area contributed by atoms with Gasteiger partial charge in [-0.15, -0.1) is 11.3 Å². The number of carbonyl (C=O) groups excluding carboxylic acids is 1. The molecule has 1 amide bonds. The fourth-order valence-electron chi connectivity index (χ4n) is 3.25. The van der Waals surface area contributed by atoms with Crippen LogP contribution in [0.1, 0.15) is 23.7 Å². The number of thioether (sulfide) groups is 1. The Morgan fingerprint density at radius 1 is 1.25 bits per heavy atom. The van der Waals surface area contributed by atoms with Crippen molar-refractivity contribution in [1.82, 2.24) is 9.97 Å². The summed E-state index contributed by atoms with van der Waals surface area (Å²) < 4.78 is 18.9. The highest BCUT2D eigenvalue weighted by molar-refractivity contribution is 7.98. The SMILES string of the molecule is CC(=O)N(c1nc(CSc2ncc(-c3ccc(F)cc3)o2)cs1)c1c(C)cc(C)cc1Cl. The topological polar surface area (TPSA) is 59.2 Å². The summed E-state index contributed by atoms with van der Waals surface area (Å²) in [6.45, 7) is 5.38. The number of oxazole rings is 1. The molecule has 32 heavy (non-hydrogen) atoms. The van der Waals surface area contributed by atoms with Gasteiger partial charge in [-0.25, -0.2) is 14.4 Å². The summed E-state index contributed by atoms with van der Waals surface area (Å²) in [7, 11) is 0. The number of rotatable bonds is 6. The van der Waals surface area contributed by atoms with E-state index < -0.39 is 0 Å². The Labute approximate surface area is 198 Å². The summed E-state index contributed by atoms with van der Waals surface area (Å²) in [4.78, 5) is 22.9. The average Bonchev–Trinajstić information content (AvgIpc) is 3.39. The van der Waals surface area contributed by atoms with Crippen molar-refractivity contribution in [1.29, 1.82) is 0 Å². The van der Waals surface area contributed by atoms with Crippen LogP contribution in [0.4, 0.5) is 15.2 Å². The molecule has 2 aromatic carbocycles. The molecule has 4 rings (SSSR count). The van der Waals surface area contributed by atoms with Crippen LogP contribution >= 0.6 is 34.7 Å². The number of aromatic nitrogens is 2. The first-order valence-corrected chi connectivity index (χ1v) is 11.9. The molecule has 164 valence electrons. The van der Waals surface area contributed by atoms with Gasteiger partial charge in [-0.2, -0.15) is 0 Å². The number of aryl methyl sites for hydroxylation is 2. The molecule has 0 spiro atoms. The third-order valence-corrected chi connectivity index (χ3v) is 6.66. The minimum atomic E-state index is -0.302. The van der Waals surface area contributed by atoms with Gasteiger partial charge in [-0.1, -0.05) is 29.4 Å². The molecule has 4 aromatic rings. The summed E-state index contributed by atoms with van der Waals surface area (Å²) in [6, 6.07) is 9.87. The summed E-state index contributed by atoms with van der Waals surface area (Å²) in [6.07, 6.45) is 1.61. The molecule has 2 heterocycles. The zero-order valence-corrected chi connectivity index (χ0v) is 19.9. The fraction of sp³-hybridized carbons (Fsp3) is 0.174. The predicted octanol–water partition coefficient (Wildman–Crippen LogP) is 7.18. The number of nitrogens with zero attached hydrogens (tertiary/aromatic N) is 3. The Kier molecular flexibility index (Phi) is 6.64. The lowest BCUT2D eigenvalue weighted by Crippen LogP contribution is -2.24. The highest BCUT2D eigenvalue weighted by atomic mass is 35.5. The number of halogens is 2. The Morgan fingerprint density at radius 2 is 2.00 bits per heavy atom. The second-order valence-corrected chi connectivity index (χ2v) is 9.34. The van der Waals surface area contributed by atoms with Crippen molar-refractivity contribution in [2.45, 2.75) is 31.7 Å². The highest BCUT2D eigenvalue weighted by Gasteiger charge is 2.23. The molecule has 2 aromatic heterocycles. The van der Waals surface area contributed by atoms with Gasteiger partial charge in [0, 0.05) is 23.6 Å². The van der Waals surface area contributed by atoms with Gasteiger partial charge < -0.3 is 4.42 Å². The number of anilines is 2. The largest absolute Gasteiger partial charge is 0.431 e. The molecule has 5 nitrogen and oxygen atoms in total. The van der Waals surface area contributed by atoms with Crippen LogP contribution in [-0.4, -0.2) is 15.9 Å². The Morgan fingerprint density at radius 3 is 2.69 bits per heavy atom. The van der Waals surface area contributed by atoms with Gasteiger partial charge in [-0.3, -0.25) is 9.69 Å². The molecular weight excluding hydrogens is 469 g/mol. The minimum Gasteiger partial charge on any atom is -0.431 e. The Balaban J connectivity index is 1.50. The van der Waals surface area contributed by atoms with Crippen molar-refractivity contribution >= 4 is 51.4 Å². The fourth-order valence-corrected chi connectivity index (χ4v) is 5.33. The van der Waals surface area contributed by atoms with Crippen LogP contribution in [-0.2, 0) is 10.5 Å². The van der Waals surface area contributed by atoms with Gasteiger partial charge in [0.05, 0.1) is 22.6 Å². The minimum absolute atomic E-state index is 0.163. The number of carbonyl (C=O) groups is 1. The number of thiazole rings is 1. The van der Waals surface area contributed by atoms with Crippen LogP contribution in [0.5, 0.6) is 0 Å². The first-order chi connectivity index (χ1) is 15.3. The number of benzene rings is 2. The summed E-state index contributed by atoms with van der Waals surface area (Å²) in [5.41, 5.74) is 4.13. The number of amides is 1. The van der Waals surface area contributed by atoms with Crippen molar-refractivity contribution in [3.8, 4) is 11.3 Å². The van der Waals surface area contributed by atoms with E-state index >= 15 is 0 Å². The van der Waals surface area contributed by atoms with Gasteiger partial charge in [0.25, 0.3) is 5.22 Å². The first-order valence-electron chi connectivity index (χ1n) is 9.68. The maximum absolute atomic E-state index is 13.1. The molecule has 0 N–H and O–H groups in total. The van der Waals surface area contributed by atoms with E-state index in [9.17, 15) is 9.18 Å². The molecule has 0 fully saturated rings. The van der Waals surface area contributed by atoms with Gasteiger partial charge >= 0.3 is 0 Å². The van der Waals surface area contributed by atoms with E-state index in [0.717, 1.165) is 22.4 Å². The molecule has 0 saturated heterocycles. The molecule has 0 radical (unpaired) electrons. The summed E-state index contributed by atoms with van der Waals surface area (Å²) >= 11 is 9.24. The lowest BCUT2D eigenvalue weighted by atomic mass is 10.1. The van der Waals surface area contributed by atoms with E-state index in [0.29, 0.717) is 32.6 Å². The molecule has 0 saturated carbocycles. The molecule has 0 aliphatic rings. The van der Waals surface area contributed by atoms with Crippen LogP contribution < -0.4 is 4.90 Å². The molecular formula is C23H19ClFN3O2S2. The first kappa shape index (κ1) is 22.5. The third kappa shape index (κ3) is 4.87. The molecule has 0 aliphatic carbocycles. The third-order valence-electron chi connectivity index (χ3n) is 4.62. The zero-order valence-electron chi connectivity index (χ0n) is 17.6. The summed E-state index contributed by atoms with van der Waals surface area (Å²) in [5, 5.41) is 3.46. The van der Waals surface area contributed by atoms with Gasteiger partial charge in [0.2, 0.25) is 5.91 Å². The van der Waals surface area contributed by atoms with Crippen molar-refractivity contribution in [3.05, 3.63) is 75.6 Å². The van der Waals surface area contributed by atoms with Crippen LogP contribution in [0.2, 0.25) is 5.02 Å². The van der Waals surface area contributed by atoms with E-state index in [2.05, 4.69) is 9.97 Å². The Hall–Kier alpha value is -2.68. The highest BCUT2D eigenvalue weighted by Crippen LogP contribution is 2.38. The molecule has 0 bridgehead atoms. The van der Waals surface area contributed by atoms with Crippen molar-refractivity contribution in [3.63, 3.8) is 0 Å². The average molecular weight is 488 g/mol. The van der Waals surface area contributed by atoms with Crippen molar-refractivity contribution < 1.29 is 13.6 Å². The van der Waals surface area contributed by atoms with Gasteiger partial charge in [0.15, 0.2) is 10.9 Å². The number of hydrogen-bond donors (Lipinski definition) is 0. The standard InChI is InChI=1S/C23H19ClFN3O2S2/c1-13-8-14(2)21(19(24)9-13)28(15(3)29)22-27-18(11-31-22)12-32-23-26-10-20(30-23)16-4-6-17(25)7-5-16/h4-11H,12H2,1-3H3. The monoisotopic (exact) mass is 487 g/mol. The van der Waals surface area contributed by atoms with Crippen LogP contribution in [0.25, 0.3) is 11.3 Å². The zero-order chi connectivity index (χ0) is 22.8. The second-order valence-electron chi connectivity index (χ2n) is 7.17. The maximum Gasteiger partial charge on any atom is 0.256 e. The smallest absolute Gasteiger partial charge is 0.256 e. The van der Waals surface area contributed by atoms with E-state index in [1.165, 1.54) is 42.2 Å². The van der Waals surface area contributed by atoms with Gasteiger partial charge in [-0.05, 0) is 55.3 Å². The van der Waals surface area contributed by atoms with E-state index in [1.807, 2.05) is 31.4 Å². The molecule has 0 aliphatic heterocycles. The van der Waals surface area contributed by atoms with E-state index in [1.54, 1.807) is 23.2 Å². The van der Waals surface area contributed by atoms with Crippen LogP contribution in [0.15, 0.2) is 57.6 Å². The van der Waals surface area contributed by atoms with Crippen molar-refractivity contribution in [2.75, 3.05) is 4.90 Å². The molecule has 9 heteroatoms. The normalized spacial score (nSPS) is 11.0. The van der Waals surface area contributed by atoms with E-state index in [-0.39, 0.29) is 11.7 Å². The maximum atomic E-state index is 13.1. The lowest BCUT2D eigenvalue weighted by Gasteiger charge is -2.22. The quantitative estimate of drug-likeness (QED) is 0.269. The Bertz CT molecular complexity index is 1250. The predicted molar refractivity (Wildman–Crippen MR) is 127 cm³/mol. The number of hydrogen-bond acceptors (Lipinski definition) is 6. The molecule has 0 unspecified atom stereocenters. The summed E-state index contributed by atoms with van der Waals surface area (Å²) in [5.74, 6) is 0.623. The van der Waals surface area contributed by atoms with Crippen LogP contribution in [0, 0.1) is 19.7 Å².